The van der Waals surface area contributed by atoms with Crippen LogP contribution in [-0.2, 0) is 4.57 Å². The third-order valence-electron chi connectivity index (χ3n) is 5.00. The molecule has 1 fully saturated rings. The second-order valence-corrected chi connectivity index (χ2v) is 9.69. The lowest BCUT2D eigenvalue weighted by molar-refractivity contribution is -0.479. The molecule has 0 N–H and O–H groups in total. The molecule has 2 aromatic rings. The summed E-state index contributed by atoms with van der Waals surface area (Å²) in [5.41, 5.74) is 1.22. The highest BCUT2D eigenvalue weighted by Crippen LogP contribution is 2.63. The predicted octanol–water partition coefficient (Wildman–Crippen LogP) is 5.04. The van der Waals surface area contributed by atoms with Gasteiger partial charge >= 0.3 is 0 Å². The Morgan fingerprint density at radius 3 is 1.89 bits per heavy atom. The molecule has 1 heterocycles. The molecule has 144 valence electrons. The van der Waals surface area contributed by atoms with Crippen LogP contribution in [0.3, 0.4) is 0 Å². The van der Waals surface area contributed by atoms with Crippen LogP contribution in [0.5, 0.6) is 0 Å². The smallest absolute Gasteiger partial charge is 0.272 e. The Kier molecular flexibility index (Phi) is 6.17. The average Bonchev–Trinajstić information content (AvgIpc) is 2.69. The van der Waals surface area contributed by atoms with E-state index in [1.807, 2.05) is 76.9 Å². The molecule has 1 aliphatic rings. The highest BCUT2D eigenvalue weighted by Gasteiger charge is 2.48. The molecular formula is C20H26N3O3P. The minimum Gasteiger partial charge on any atom is -0.306 e. The molecule has 2 aromatic carbocycles. The van der Waals surface area contributed by atoms with Gasteiger partial charge in [0.05, 0.1) is 0 Å². The zero-order valence-electron chi connectivity index (χ0n) is 15.6. The van der Waals surface area contributed by atoms with Crippen molar-refractivity contribution in [2.24, 2.45) is 0 Å². The van der Waals surface area contributed by atoms with Crippen LogP contribution in [0.1, 0.15) is 26.2 Å². The van der Waals surface area contributed by atoms with E-state index in [4.69, 9.17) is 0 Å². The summed E-state index contributed by atoms with van der Waals surface area (Å²) in [4.78, 5) is 11.1. The fourth-order valence-corrected chi connectivity index (χ4v) is 7.62. The van der Waals surface area contributed by atoms with Crippen LogP contribution in [0.25, 0.3) is 0 Å². The van der Waals surface area contributed by atoms with Crippen molar-refractivity contribution in [2.45, 2.75) is 31.8 Å². The molecule has 0 bridgehead atoms. The van der Waals surface area contributed by atoms with Crippen LogP contribution in [0.15, 0.2) is 60.7 Å². The third kappa shape index (κ3) is 4.01. The van der Waals surface area contributed by atoms with Crippen molar-refractivity contribution in [1.29, 1.82) is 0 Å². The minimum atomic E-state index is -3.23. The predicted molar refractivity (Wildman–Crippen MR) is 110 cm³/mol. The number of anilines is 2. The van der Waals surface area contributed by atoms with Crippen LogP contribution in [0, 0.1) is 10.1 Å². The molecule has 0 saturated carbocycles. The van der Waals surface area contributed by atoms with Crippen molar-refractivity contribution in [1.82, 2.24) is 0 Å². The van der Waals surface area contributed by atoms with Gasteiger partial charge < -0.3 is 9.34 Å². The Labute approximate surface area is 160 Å². The zero-order valence-corrected chi connectivity index (χ0v) is 16.5. The summed E-state index contributed by atoms with van der Waals surface area (Å²) in [6, 6.07) is 19.3. The Hall–Kier alpha value is -2.33. The standard InChI is InChI=1S/C20H26N3O3P/c1-2-10-20(17-23(24)25)27(26)21(18-11-5-3-6-12-18)15-9-16-22(27)19-13-7-4-8-14-19/h3-8,11-14,20H,2,9-10,15-17H2,1H3. The van der Waals surface area contributed by atoms with E-state index in [1.54, 1.807) is 0 Å². The molecule has 0 spiro atoms. The van der Waals surface area contributed by atoms with Gasteiger partial charge in [0.2, 0.25) is 6.54 Å². The van der Waals surface area contributed by atoms with Gasteiger partial charge in [0.15, 0.2) is 0 Å². The maximum Gasteiger partial charge on any atom is 0.272 e. The highest BCUT2D eigenvalue weighted by atomic mass is 31.2. The van der Waals surface area contributed by atoms with E-state index in [1.165, 1.54) is 0 Å². The second-order valence-electron chi connectivity index (χ2n) is 6.82. The molecule has 27 heavy (non-hydrogen) atoms. The van der Waals surface area contributed by atoms with Crippen LogP contribution >= 0.6 is 7.44 Å². The maximum absolute atomic E-state index is 14.7. The Morgan fingerprint density at radius 1 is 1.00 bits per heavy atom. The van der Waals surface area contributed by atoms with Gasteiger partial charge in [0.25, 0.3) is 7.44 Å². The first-order valence-electron chi connectivity index (χ1n) is 9.45. The molecule has 3 rings (SSSR count). The van der Waals surface area contributed by atoms with Crippen LogP contribution in [0.4, 0.5) is 11.4 Å². The molecule has 1 saturated heterocycles. The summed E-state index contributed by atoms with van der Waals surface area (Å²) in [5, 5.41) is 11.4. The summed E-state index contributed by atoms with van der Waals surface area (Å²) in [6.45, 7) is 2.99. The minimum absolute atomic E-state index is 0.280. The van der Waals surface area contributed by atoms with Gasteiger partial charge in [-0.2, -0.15) is 0 Å². The van der Waals surface area contributed by atoms with E-state index >= 15 is 0 Å². The quantitative estimate of drug-likeness (QED) is 0.378. The van der Waals surface area contributed by atoms with Crippen molar-refractivity contribution in [3.8, 4) is 0 Å². The van der Waals surface area contributed by atoms with Crippen molar-refractivity contribution in [2.75, 3.05) is 29.0 Å². The monoisotopic (exact) mass is 387 g/mol. The summed E-state index contributed by atoms with van der Waals surface area (Å²) in [5.74, 6) is 0. The van der Waals surface area contributed by atoms with E-state index < -0.39 is 13.1 Å². The van der Waals surface area contributed by atoms with Gasteiger partial charge in [-0.25, -0.2) is 0 Å². The summed E-state index contributed by atoms with van der Waals surface area (Å²) in [7, 11) is -3.23. The molecule has 0 radical (unpaired) electrons. The van der Waals surface area contributed by atoms with Gasteiger partial charge in [0.1, 0.15) is 5.66 Å². The molecule has 0 aliphatic carbocycles. The average molecular weight is 387 g/mol. The first kappa shape index (κ1) is 19.4. The van der Waals surface area contributed by atoms with E-state index in [0.29, 0.717) is 19.5 Å². The first-order chi connectivity index (χ1) is 13.1. The van der Waals surface area contributed by atoms with E-state index in [9.17, 15) is 14.7 Å². The lowest BCUT2D eigenvalue weighted by Crippen LogP contribution is -2.45. The van der Waals surface area contributed by atoms with Crippen LogP contribution in [-0.4, -0.2) is 30.2 Å². The first-order valence-corrected chi connectivity index (χ1v) is 11.1. The largest absolute Gasteiger partial charge is 0.306 e. The molecule has 1 atom stereocenters. The SMILES string of the molecule is CCCC(C[N+](=O)[O-])P1(=O)N(c2ccccc2)CCCN1c1ccccc1. The number of nitrogens with zero attached hydrogens (tertiary/aromatic N) is 3. The highest BCUT2D eigenvalue weighted by molar-refractivity contribution is 7.68. The maximum atomic E-state index is 14.7. The number of hydrogen-bond acceptors (Lipinski definition) is 3. The lowest BCUT2D eigenvalue weighted by Gasteiger charge is -2.48. The van der Waals surface area contributed by atoms with Gasteiger partial charge in [-0.1, -0.05) is 49.7 Å². The number of benzene rings is 2. The molecule has 6 nitrogen and oxygen atoms in total. The van der Waals surface area contributed by atoms with Crippen molar-refractivity contribution in [3.05, 3.63) is 70.8 Å². The summed E-state index contributed by atoms with van der Waals surface area (Å²) < 4.78 is 18.5. The molecule has 0 aromatic heterocycles. The molecule has 7 heteroatoms. The van der Waals surface area contributed by atoms with Gasteiger partial charge in [0, 0.05) is 29.4 Å². The van der Waals surface area contributed by atoms with Gasteiger partial charge in [-0.3, -0.25) is 14.7 Å². The third-order valence-corrected chi connectivity index (χ3v) is 8.62. The van der Waals surface area contributed by atoms with Crippen molar-refractivity contribution in [3.63, 3.8) is 0 Å². The lowest BCUT2D eigenvalue weighted by atomic mass is 10.2. The molecule has 0 amide bonds. The fraction of sp³-hybridized carbons (Fsp3) is 0.400. The molecule has 1 unspecified atom stereocenters. The fourth-order valence-electron chi connectivity index (χ4n) is 3.84. The Morgan fingerprint density at radius 2 is 1.48 bits per heavy atom. The van der Waals surface area contributed by atoms with Gasteiger partial charge in [-0.15, -0.1) is 0 Å². The van der Waals surface area contributed by atoms with E-state index in [0.717, 1.165) is 24.2 Å². The van der Waals surface area contributed by atoms with Crippen LogP contribution in [0.2, 0.25) is 0 Å². The number of para-hydroxylation sites is 2. The van der Waals surface area contributed by atoms with Crippen LogP contribution < -0.4 is 9.34 Å². The number of rotatable bonds is 7. The van der Waals surface area contributed by atoms with Gasteiger partial charge in [-0.05, 0) is 37.1 Å². The summed E-state index contributed by atoms with van der Waals surface area (Å²) >= 11 is 0. The topological polar surface area (TPSA) is 66.7 Å². The van der Waals surface area contributed by atoms with Crippen molar-refractivity contribution < 1.29 is 9.49 Å². The number of hydrogen-bond donors (Lipinski definition) is 0. The Bertz CT molecular complexity index is 749. The second kappa shape index (κ2) is 8.57. The number of nitro groups is 1. The molecule has 1 aliphatic heterocycles. The van der Waals surface area contributed by atoms with E-state index in [2.05, 4.69) is 0 Å². The van der Waals surface area contributed by atoms with Crippen molar-refractivity contribution >= 4 is 18.8 Å². The molecular weight excluding hydrogens is 361 g/mol. The normalized spacial score (nSPS) is 17.5. The zero-order chi connectivity index (χ0) is 19.3. The summed E-state index contributed by atoms with van der Waals surface area (Å²) in [6.07, 6.45) is 2.17. The van der Waals surface area contributed by atoms with E-state index in [-0.39, 0.29) is 11.5 Å². The Balaban J connectivity index is 2.12.